The van der Waals surface area contributed by atoms with Gasteiger partial charge in [-0.15, -0.1) is 0 Å². The number of aliphatic imine (C=N–C) groups is 1. The number of hydrogen-bond donors (Lipinski definition) is 1. The molecule has 4 rings (SSSR count). The van der Waals surface area contributed by atoms with Crippen LogP contribution in [0.1, 0.15) is 5.56 Å². The van der Waals surface area contributed by atoms with Crippen LogP contribution in [0.15, 0.2) is 112 Å². The molecule has 1 aliphatic heterocycles. The number of rotatable bonds is 4. The molecule has 132 valence electrons. The molecule has 0 saturated carbocycles. The Morgan fingerprint density at radius 1 is 0.852 bits per heavy atom. The number of allylic oxidation sites excluding steroid dienone is 1. The van der Waals surface area contributed by atoms with Crippen molar-refractivity contribution in [3.8, 4) is 0 Å². The normalized spacial score (nSPS) is 15.3. The van der Waals surface area contributed by atoms with Crippen molar-refractivity contribution in [1.82, 2.24) is 0 Å². The van der Waals surface area contributed by atoms with Gasteiger partial charge in [0.15, 0.2) is 0 Å². The third-order valence-corrected chi connectivity index (χ3v) is 4.50. The number of benzene rings is 3. The maximum atomic E-state index is 5.28. The maximum absolute atomic E-state index is 5.28. The van der Waals surface area contributed by atoms with Gasteiger partial charge in [-0.25, -0.2) is 4.99 Å². The summed E-state index contributed by atoms with van der Waals surface area (Å²) in [7, 11) is 0. The summed E-state index contributed by atoms with van der Waals surface area (Å²) in [5, 5.41) is 7.56. The van der Waals surface area contributed by atoms with E-state index in [1.54, 1.807) is 0 Å². The van der Waals surface area contributed by atoms with Crippen LogP contribution in [0.2, 0.25) is 0 Å². The average molecular weight is 371 g/mol. The molecular weight excluding hydrogens is 354 g/mol. The zero-order valence-electron chi connectivity index (χ0n) is 14.4. The van der Waals surface area contributed by atoms with E-state index in [9.17, 15) is 0 Å². The first-order chi connectivity index (χ1) is 13.4. The Balaban J connectivity index is 1.69. The van der Waals surface area contributed by atoms with Crippen molar-refractivity contribution >= 4 is 35.0 Å². The smallest absolute Gasteiger partial charge is 0.132 e. The molecule has 0 bridgehead atoms. The monoisotopic (exact) mass is 371 g/mol. The van der Waals surface area contributed by atoms with E-state index >= 15 is 0 Å². The molecule has 0 atom stereocenters. The zero-order chi connectivity index (χ0) is 18.3. The number of amidine groups is 1. The van der Waals surface area contributed by atoms with Gasteiger partial charge in [0.05, 0.1) is 10.6 Å². The SMILES string of the molecule is C(/C(=Nc1ccccc1)Nc1ccccc1)=C1\SON=C1c1ccccc1. The average Bonchev–Trinajstić information content (AvgIpc) is 3.18. The van der Waals surface area contributed by atoms with E-state index in [2.05, 4.69) is 10.5 Å². The van der Waals surface area contributed by atoms with Crippen LogP contribution in [-0.2, 0) is 4.28 Å². The lowest BCUT2D eigenvalue weighted by molar-refractivity contribution is 0.417. The predicted octanol–water partition coefficient (Wildman–Crippen LogP) is 5.80. The van der Waals surface area contributed by atoms with Gasteiger partial charge in [-0.1, -0.05) is 71.9 Å². The molecule has 4 nitrogen and oxygen atoms in total. The third kappa shape index (κ3) is 4.46. The van der Waals surface area contributed by atoms with Gasteiger partial charge in [-0.05, 0) is 24.3 Å². The van der Waals surface area contributed by atoms with Crippen LogP contribution < -0.4 is 5.32 Å². The lowest BCUT2D eigenvalue weighted by Crippen LogP contribution is -2.11. The van der Waals surface area contributed by atoms with E-state index < -0.39 is 0 Å². The summed E-state index contributed by atoms with van der Waals surface area (Å²) in [6.45, 7) is 0. The molecule has 1 N–H and O–H groups in total. The van der Waals surface area contributed by atoms with Gasteiger partial charge in [-0.3, -0.25) is 0 Å². The largest absolute Gasteiger partial charge is 0.340 e. The molecule has 0 amide bonds. The molecule has 5 heteroatoms. The number of nitrogens with one attached hydrogen (secondary N) is 1. The lowest BCUT2D eigenvalue weighted by atomic mass is 10.1. The summed E-state index contributed by atoms with van der Waals surface area (Å²) >= 11 is 1.23. The Hall–Kier alpha value is -3.31. The Bertz CT molecular complexity index is 984. The number of para-hydroxylation sites is 2. The van der Waals surface area contributed by atoms with Gasteiger partial charge in [-0.2, -0.15) is 0 Å². The van der Waals surface area contributed by atoms with E-state index in [-0.39, 0.29) is 0 Å². The second-order valence-corrected chi connectivity index (χ2v) is 6.55. The van der Waals surface area contributed by atoms with Crippen LogP contribution in [0, 0.1) is 0 Å². The molecule has 0 unspecified atom stereocenters. The van der Waals surface area contributed by atoms with E-state index in [4.69, 9.17) is 9.28 Å². The van der Waals surface area contributed by atoms with E-state index in [1.807, 2.05) is 97.1 Å². The summed E-state index contributed by atoms with van der Waals surface area (Å²) in [6, 6.07) is 29.8. The van der Waals surface area contributed by atoms with Crippen LogP contribution in [0.25, 0.3) is 0 Å². The molecule has 1 aliphatic rings. The number of nitrogens with zero attached hydrogens (tertiary/aromatic N) is 2. The van der Waals surface area contributed by atoms with Crippen LogP contribution in [-0.4, -0.2) is 11.5 Å². The first-order valence-corrected chi connectivity index (χ1v) is 9.28. The fourth-order valence-electron chi connectivity index (χ4n) is 2.60. The second-order valence-electron chi connectivity index (χ2n) is 5.80. The molecule has 0 spiro atoms. The summed E-state index contributed by atoms with van der Waals surface area (Å²) in [4.78, 5) is 5.65. The summed E-state index contributed by atoms with van der Waals surface area (Å²) in [5.74, 6) is 0.712. The fourth-order valence-corrected chi connectivity index (χ4v) is 3.18. The van der Waals surface area contributed by atoms with E-state index in [0.29, 0.717) is 5.84 Å². The summed E-state index contributed by atoms with van der Waals surface area (Å²) in [5.41, 5.74) is 3.64. The fraction of sp³-hybridized carbons (Fsp3) is 0. The van der Waals surface area contributed by atoms with Gasteiger partial charge in [0, 0.05) is 17.3 Å². The molecule has 1 heterocycles. The topological polar surface area (TPSA) is 46.0 Å². The van der Waals surface area contributed by atoms with Crippen molar-refractivity contribution in [1.29, 1.82) is 0 Å². The Morgan fingerprint density at radius 2 is 1.48 bits per heavy atom. The minimum atomic E-state index is 0.712. The van der Waals surface area contributed by atoms with Crippen LogP contribution in [0.4, 0.5) is 11.4 Å². The van der Waals surface area contributed by atoms with Crippen LogP contribution >= 0.6 is 12.0 Å². The summed E-state index contributed by atoms with van der Waals surface area (Å²) in [6.07, 6.45) is 1.96. The molecule has 3 aromatic rings. The Kier molecular flexibility index (Phi) is 5.31. The minimum absolute atomic E-state index is 0.712. The van der Waals surface area contributed by atoms with Gasteiger partial charge in [0.25, 0.3) is 0 Å². The first kappa shape index (κ1) is 17.1. The van der Waals surface area contributed by atoms with Gasteiger partial charge in [0.2, 0.25) is 0 Å². The number of hydrogen-bond acceptors (Lipinski definition) is 4. The highest BCUT2D eigenvalue weighted by molar-refractivity contribution is 8.00. The van der Waals surface area contributed by atoms with Crippen molar-refractivity contribution in [3.05, 3.63) is 108 Å². The molecule has 3 aromatic carbocycles. The van der Waals surface area contributed by atoms with Crippen molar-refractivity contribution in [3.63, 3.8) is 0 Å². The zero-order valence-corrected chi connectivity index (χ0v) is 15.3. The predicted molar refractivity (Wildman–Crippen MR) is 113 cm³/mol. The maximum Gasteiger partial charge on any atom is 0.132 e. The molecule has 27 heavy (non-hydrogen) atoms. The van der Waals surface area contributed by atoms with Crippen LogP contribution in [0.3, 0.4) is 0 Å². The Labute approximate surface area is 162 Å². The first-order valence-electron chi connectivity index (χ1n) is 8.53. The van der Waals surface area contributed by atoms with Crippen molar-refractivity contribution in [2.45, 2.75) is 0 Å². The van der Waals surface area contributed by atoms with E-state index in [0.717, 1.165) is 27.6 Å². The lowest BCUT2D eigenvalue weighted by Gasteiger charge is -2.08. The highest BCUT2D eigenvalue weighted by Gasteiger charge is 2.20. The molecule has 0 saturated heterocycles. The second kappa shape index (κ2) is 8.38. The minimum Gasteiger partial charge on any atom is -0.340 e. The van der Waals surface area contributed by atoms with Gasteiger partial charge < -0.3 is 9.60 Å². The van der Waals surface area contributed by atoms with Crippen molar-refractivity contribution < 1.29 is 4.28 Å². The van der Waals surface area contributed by atoms with Crippen molar-refractivity contribution in [2.75, 3.05) is 5.32 Å². The number of oxime groups is 1. The standard InChI is InChI=1S/C22H17N3OS/c1-4-10-17(11-5-1)22-20(27-26-25-22)16-21(23-18-12-6-2-7-13-18)24-19-14-8-3-9-15-19/h1-16H,(H,23,24)/b20-16+. The highest BCUT2D eigenvalue weighted by Crippen LogP contribution is 2.30. The van der Waals surface area contributed by atoms with Gasteiger partial charge in [0.1, 0.15) is 23.6 Å². The molecule has 0 radical (unpaired) electrons. The highest BCUT2D eigenvalue weighted by atomic mass is 32.2. The molecule has 0 aliphatic carbocycles. The number of anilines is 1. The Morgan fingerprint density at radius 3 is 2.19 bits per heavy atom. The third-order valence-electron chi connectivity index (χ3n) is 3.86. The molecule has 0 aromatic heterocycles. The summed E-state index contributed by atoms with van der Waals surface area (Å²) < 4.78 is 5.28. The quantitative estimate of drug-likeness (QED) is 0.358. The molecule has 0 fully saturated rings. The van der Waals surface area contributed by atoms with Crippen LogP contribution in [0.5, 0.6) is 0 Å². The van der Waals surface area contributed by atoms with Crippen molar-refractivity contribution in [2.24, 2.45) is 10.1 Å². The molecular formula is C22H17N3OS. The van der Waals surface area contributed by atoms with E-state index in [1.165, 1.54) is 12.0 Å². The van der Waals surface area contributed by atoms with Gasteiger partial charge >= 0.3 is 0 Å².